The summed E-state index contributed by atoms with van der Waals surface area (Å²) in [5.74, 6) is 0.983. The molecular formula is C11H15NO4. The van der Waals surface area contributed by atoms with Crippen LogP contribution in [-0.4, -0.2) is 19.3 Å². The van der Waals surface area contributed by atoms with Gasteiger partial charge in [-0.3, -0.25) is 0 Å². The van der Waals surface area contributed by atoms with Crippen molar-refractivity contribution in [3.8, 4) is 11.5 Å². The Morgan fingerprint density at radius 1 is 1.31 bits per heavy atom. The van der Waals surface area contributed by atoms with Crippen molar-refractivity contribution in [2.75, 3.05) is 7.11 Å². The van der Waals surface area contributed by atoms with Gasteiger partial charge in [0.2, 0.25) is 0 Å². The number of hydroxylamine groups is 1. The van der Waals surface area contributed by atoms with Gasteiger partial charge in [-0.25, -0.2) is 4.79 Å². The summed E-state index contributed by atoms with van der Waals surface area (Å²) in [4.78, 5) is 15.8. The fourth-order valence-electron chi connectivity index (χ4n) is 0.948. The van der Waals surface area contributed by atoms with E-state index in [1.165, 1.54) is 7.11 Å². The highest BCUT2D eigenvalue weighted by atomic mass is 16.8. The van der Waals surface area contributed by atoms with Gasteiger partial charge >= 0.3 is 6.16 Å². The standard InChI is InChI=1S/C11H15NO4/c1-8(2)12-16-11(13)15-10-6-4-5-9(7-10)14-3/h4-8,12H,1-3H3. The molecule has 0 amide bonds. The molecule has 0 bridgehead atoms. The molecule has 0 atom stereocenters. The van der Waals surface area contributed by atoms with Crippen molar-refractivity contribution >= 4 is 6.16 Å². The molecule has 0 aliphatic rings. The molecule has 88 valence electrons. The molecular weight excluding hydrogens is 210 g/mol. The van der Waals surface area contributed by atoms with Crippen LogP contribution in [0.4, 0.5) is 4.79 Å². The summed E-state index contributed by atoms with van der Waals surface area (Å²) in [6.45, 7) is 3.69. The van der Waals surface area contributed by atoms with E-state index in [1.807, 2.05) is 13.8 Å². The van der Waals surface area contributed by atoms with E-state index in [-0.39, 0.29) is 6.04 Å². The van der Waals surface area contributed by atoms with Crippen molar-refractivity contribution in [3.63, 3.8) is 0 Å². The van der Waals surface area contributed by atoms with Crippen molar-refractivity contribution in [2.45, 2.75) is 19.9 Å². The van der Waals surface area contributed by atoms with Crippen molar-refractivity contribution in [3.05, 3.63) is 24.3 Å². The molecule has 5 heteroatoms. The first-order chi connectivity index (χ1) is 7.61. The summed E-state index contributed by atoms with van der Waals surface area (Å²) in [5.41, 5.74) is 2.49. The van der Waals surface area contributed by atoms with Crippen LogP contribution in [0, 0.1) is 0 Å². The highest BCUT2D eigenvalue weighted by molar-refractivity contribution is 5.63. The maximum absolute atomic E-state index is 11.2. The monoisotopic (exact) mass is 225 g/mol. The van der Waals surface area contributed by atoms with Gasteiger partial charge in [0.05, 0.1) is 7.11 Å². The normalized spacial score (nSPS) is 10.0. The predicted octanol–water partition coefficient (Wildman–Crippen LogP) is 2.12. The number of methoxy groups -OCH3 is 1. The van der Waals surface area contributed by atoms with Crippen LogP contribution >= 0.6 is 0 Å². The minimum absolute atomic E-state index is 0.0397. The van der Waals surface area contributed by atoms with E-state index in [4.69, 9.17) is 9.47 Å². The number of carbonyl (C=O) groups excluding carboxylic acids is 1. The molecule has 0 radical (unpaired) electrons. The van der Waals surface area contributed by atoms with E-state index in [0.717, 1.165) is 0 Å². The van der Waals surface area contributed by atoms with Gasteiger partial charge in [0.1, 0.15) is 11.5 Å². The number of hydrogen-bond acceptors (Lipinski definition) is 5. The molecule has 1 N–H and O–H groups in total. The summed E-state index contributed by atoms with van der Waals surface area (Å²) in [6.07, 6.45) is -0.804. The first kappa shape index (κ1) is 12.3. The molecule has 0 fully saturated rings. The summed E-state index contributed by atoms with van der Waals surface area (Å²) in [5, 5.41) is 0. The van der Waals surface area contributed by atoms with E-state index < -0.39 is 6.16 Å². The fourth-order valence-corrected chi connectivity index (χ4v) is 0.948. The number of benzene rings is 1. The zero-order valence-electron chi connectivity index (χ0n) is 9.52. The maximum atomic E-state index is 11.2. The molecule has 16 heavy (non-hydrogen) atoms. The molecule has 0 aromatic heterocycles. The summed E-state index contributed by atoms with van der Waals surface area (Å²) in [6, 6.07) is 6.75. The smallest absolute Gasteiger partial charge is 0.497 e. The van der Waals surface area contributed by atoms with Crippen molar-refractivity contribution in [1.29, 1.82) is 0 Å². The number of hydrogen-bond donors (Lipinski definition) is 1. The van der Waals surface area contributed by atoms with Crippen LogP contribution in [0.15, 0.2) is 24.3 Å². The van der Waals surface area contributed by atoms with Crippen LogP contribution < -0.4 is 15.0 Å². The average molecular weight is 225 g/mol. The largest absolute Gasteiger partial charge is 0.533 e. The Labute approximate surface area is 94.3 Å². The van der Waals surface area contributed by atoms with Gasteiger partial charge in [-0.05, 0) is 26.0 Å². The number of rotatable bonds is 4. The molecule has 0 saturated heterocycles. The fraction of sp³-hybridized carbons (Fsp3) is 0.364. The molecule has 1 aromatic carbocycles. The lowest BCUT2D eigenvalue weighted by Crippen LogP contribution is -2.28. The molecule has 0 aliphatic heterocycles. The number of ether oxygens (including phenoxy) is 2. The van der Waals surface area contributed by atoms with Crippen LogP contribution in [0.5, 0.6) is 11.5 Å². The lowest BCUT2D eigenvalue weighted by Gasteiger charge is -2.08. The van der Waals surface area contributed by atoms with Gasteiger partial charge in [-0.15, -0.1) is 5.48 Å². The molecule has 1 rings (SSSR count). The van der Waals surface area contributed by atoms with E-state index in [1.54, 1.807) is 24.3 Å². The number of nitrogens with one attached hydrogen (secondary N) is 1. The van der Waals surface area contributed by atoms with E-state index in [2.05, 4.69) is 10.3 Å². The van der Waals surface area contributed by atoms with Gasteiger partial charge in [-0.2, -0.15) is 0 Å². The highest BCUT2D eigenvalue weighted by Gasteiger charge is 2.07. The third kappa shape index (κ3) is 4.18. The van der Waals surface area contributed by atoms with Crippen LogP contribution in [0.1, 0.15) is 13.8 Å². The molecule has 0 aliphatic carbocycles. The topological polar surface area (TPSA) is 56.8 Å². The Kier molecular flexibility index (Phi) is 4.60. The van der Waals surface area contributed by atoms with Crippen LogP contribution in [0.3, 0.4) is 0 Å². The lowest BCUT2D eigenvalue weighted by molar-refractivity contribution is 0.0393. The first-order valence-electron chi connectivity index (χ1n) is 4.90. The zero-order chi connectivity index (χ0) is 12.0. The lowest BCUT2D eigenvalue weighted by atomic mass is 10.3. The zero-order valence-corrected chi connectivity index (χ0v) is 9.52. The van der Waals surface area contributed by atoms with E-state index >= 15 is 0 Å². The highest BCUT2D eigenvalue weighted by Crippen LogP contribution is 2.18. The molecule has 5 nitrogen and oxygen atoms in total. The second-order valence-electron chi connectivity index (χ2n) is 3.41. The molecule has 0 spiro atoms. The van der Waals surface area contributed by atoms with Gasteiger partial charge in [0.25, 0.3) is 0 Å². The number of carbonyl (C=O) groups is 1. The Bertz CT molecular complexity index is 352. The average Bonchev–Trinajstić information content (AvgIpc) is 2.26. The van der Waals surface area contributed by atoms with Gasteiger partial charge < -0.3 is 14.3 Å². The predicted molar refractivity (Wildman–Crippen MR) is 58.4 cm³/mol. The Morgan fingerprint density at radius 3 is 2.62 bits per heavy atom. The van der Waals surface area contributed by atoms with Crippen molar-refractivity contribution in [2.24, 2.45) is 0 Å². The van der Waals surface area contributed by atoms with Crippen LogP contribution in [0.2, 0.25) is 0 Å². The Balaban J connectivity index is 2.49. The Morgan fingerprint density at radius 2 is 2.00 bits per heavy atom. The van der Waals surface area contributed by atoms with Crippen LogP contribution in [0.25, 0.3) is 0 Å². The second kappa shape index (κ2) is 5.97. The third-order valence-electron chi connectivity index (χ3n) is 1.62. The van der Waals surface area contributed by atoms with Crippen LogP contribution in [-0.2, 0) is 4.84 Å². The van der Waals surface area contributed by atoms with Gasteiger partial charge in [0.15, 0.2) is 0 Å². The summed E-state index contributed by atoms with van der Waals surface area (Å²) in [7, 11) is 1.54. The molecule has 0 heterocycles. The minimum atomic E-state index is -0.804. The second-order valence-corrected chi connectivity index (χ2v) is 3.41. The summed E-state index contributed by atoms with van der Waals surface area (Å²) < 4.78 is 9.89. The van der Waals surface area contributed by atoms with Gasteiger partial charge in [-0.1, -0.05) is 6.07 Å². The summed E-state index contributed by atoms with van der Waals surface area (Å²) >= 11 is 0. The molecule has 0 saturated carbocycles. The van der Waals surface area contributed by atoms with E-state index in [0.29, 0.717) is 11.5 Å². The van der Waals surface area contributed by atoms with E-state index in [9.17, 15) is 4.79 Å². The minimum Gasteiger partial charge on any atom is -0.497 e. The third-order valence-corrected chi connectivity index (χ3v) is 1.62. The van der Waals surface area contributed by atoms with Gasteiger partial charge in [0, 0.05) is 12.1 Å². The SMILES string of the molecule is COc1cccc(OC(=O)ONC(C)C)c1. The molecule has 0 unspecified atom stereocenters. The van der Waals surface area contributed by atoms with Crippen molar-refractivity contribution < 1.29 is 19.1 Å². The van der Waals surface area contributed by atoms with Crippen molar-refractivity contribution in [1.82, 2.24) is 5.48 Å². The molecule has 1 aromatic rings. The maximum Gasteiger partial charge on any atom is 0.533 e. The first-order valence-corrected chi connectivity index (χ1v) is 4.90. The quantitative estimate of drug-likeness (QED) is 0.483. The Hall–Kier alpha value is -1.75.